The first-order valence-electron chi connectivity index (χ1n) is 6.50. The Kier molecular flexibility index (Phi) is 4.65. The Bertz CT molecular complexity index is 489. The molecule has 0 saturated carbocycles. The molecule has 0 bridgehead atoms. The fraction of sp³-hybridized carbons (Fsp3) is 0.533. The SMILES string of the molecule is CC(C)(C)OC(=O)Nc1c(O)cccc1C(C)(C)CO. The molecule has 112 valence electrons. The molecule has 0 aliphatic heterocycles. The van der Waals surface area contributed by atoms with Crippen molar-refractivity contribution in [2.24, 2.45) is 0 Å². The van der Waals surface area contributed by atoms with Crippen molar-refractivity contribution < 1.29 is 19.7 Å². The van der Waals surface area contributed by atoms with E-state index in [-0.39, 0.29) is 18.0 Å². The van der Waals surface area contributed by atoms with Crippen LogP contribution in [0.3, 0.4) is 0 Å². The van der Waals surface area contributed by atoms with Crippen LogP contribution < -0.4 is 5.32 Å². The van der Waals surface area contributed by atoms with E-state index in [9.17, 15) is 15.0 Å². The van der Waals surface area contributed by atoms with Crippen LogP contribution in [0.1, 0.15) is 40.2 Å². The average molecular weight is 281 g/mol. The number of aliphatic hydroxyl groups excluding tert-OH is 1. The van der Waals surface area contributed by atoms with Crippen LogP contribution in [0.5, 0.6) is 5.75 Å². The Balaban J connectivity index is 3.09. The first-order chi connectivity index (χ1) is 9.07. The van der Waals surface area contributed by atoms with Gasteiger partial charge in [0.25, 0.3) is 0 Å². The number of para-hydroxylation sites is 1. The van der Waals surface area contributed by atoms with Crippen LogP contribution in [0.15, 0.2) is 18.2 Å². The Labute approximate surface area is 119 Å². The summed E-state index contributed by atoms with van der Waals surface area (Å²) in [5.74, 6) is -0.0603. The van der Waals surface area contributed by atoms with E-state index in [0.29, 0.717) is 5.56 Å². The first kappa shape index (κ1) is 16.3. The second kappa shape index (κ2) is 5.71. The summed E-state index contributed by atoms with van der Waals surface area (Å²) in [5.41, 5.74) is -0.309. The van der Waals surface area contributed by atoms with Gasteiger partial charge >= 0.3 is 6.09 Å². The molecule has 0 heterocycles. The summed E-state index contributed by atoms with van der Waals surface area (Å²) in [6.07, 6.45) is -0.644. The van der Waals surface area contributed by atoms with Gasteiger partial charge in [0.15, 0.2) is 0 Å². The second-order valence-electron chi connectivity index (χ2n) is 6.37. The quantitative estimate of drug-likeness (QED) is 0.744. The molecule has 0 aliphatic carbocycles. The molecular formula is C15H23NO4. The van der Waals surface area contributed by atoms with Gasteiger partial charge in [0.2, 0.25) is 0 Å². The number of phenolic OH excluding ortho intramolecular Hbond substituents is 1. The lowest BCUT2D eigenvalue weighted by Crippen LogP contribution is -2.29. The number of carbonyl (C=O) groups excluding carboxylic acids is 1. The number of benzene rings is 1. The van der Waals surface area contributed by atoms with Gasteiger partial charge in [-0.05, 0) is 32.4 Å². The lowest BCUT2D eigenvalue weighted by atomic mass is 9.84. The van der Waals surface area contributed by atoms with Crippen molar-refractivity contribution in [3.63, 3.8) is 0 Å². The third kappa shape index (κ3) is 4.13. The number of hydrogen-bond acceptors (Lipinski definition) is 4. The van der Waals surface area contributed by atoms with Crippen molar-refractivity contribution in [2.45, 2.75) is 45.6 Å². The number of aromatic hydroxyl groups is 1. The summed E-state index contributed by atoms with van der Waals surface area (Å²) in [4.78, 5) is 11.8. The van der Waals surface area contributed by atoms with Crippen LogP contribution in [-0.4, -0.2) is 28.5 Å². The molecule has 5 nitrogen and oxygen atoms in total. The van der Waals surface area contributed by atoms with Gasteiger partial charge in [-0.25, -0.2) is 4.79 Å². The van der Waals surface area contributed by atoms with Crippen LogP contribution in [0, 0.1) is 0 Å². The molecule has 1 aromatic rings. The van der Waals surface area contributed by atoms with Gasteiger partial charge in [-0.3, -0.25) is 5.32 Å². The Morgan fingerprint density at radius 2 is 1.85 bits per heavy atom. The highest BCUT2D eigenvalue weighted by molar-refractivity contribution is 5.88. The third-order valence-corrected chi connectivity index (χ3v) is 2.79. The van der Waals surface area contributed by atoms with Crippen LogP contribution in [0.2, 0.25) is 0 Å². The number of nitrogens with one attached hydrogen (secondary N) is 1. The highest BCUT2D eigenvalue weighted by atomic mass is 16.6. The maximum absolute atomic E-state index is 11.8. The molecule has 5 heteroatoms. The predicted molar refractivity (Wildman–Crippen MR) is 78.1 cm³/mol. The minimum absolute atomic E-state index is 0.0603. The highest BCUT2D eigenvalue weighted by Gasteiger charge is 2.26. The van der Waals surface area contributed by atoms with E-state index in [2.05, 4.69) is 5.32 Å². The van der Waals surface area contributed by atoms with Crippen molar-refractivity contribution in [3.8, 4) is 5.75 Å². The topological polar surface area (TPSA) is 78.8 Å². The zero-order chi connectivity index (χ0) is 15.6. The molecule has 0 radical (unpaired) electrons. The number of ether oxygens (including phenoxy) is 1. The van der Waals surface area contributed by atoms with Crippen molar-refractivity contribution in [1.82, 2.24) is 0 Å². The number of carbonyl (C=O) groups is 1. The molecule has 1 amide bonds. The molecule has 0 saturated heterocycles. The van der Waals surface area contributed by atoms with Crippen molar-refractivity contribution in [3.05, 3.63) is 23.8 Å². The van der Waals surface area contributed by atoms with Crippen LogP contribution in [0.4, 0.5) is 10.5 Å². The maximum atomic E-state index is 11.8. The van der Waals surface area contributed by atoms with Gasteiger partial charge < -0.3 is 14.9 Å². The lowest BCUT2D eigenvalue weighted by molar-refractivity contribution is 0.0635. The minimum atomic E-state index is -0.644. The summed E-state index contributed by atoms with van der Waals surface area (Å²) < 4.78 is 5.17. The number of rotatable bonds is 3. The van der Waals surface area contributed by atoms with E-state index in [1.807, 2.05) is 13.8 Å². The first-order valence-corrected chi connectivity index (χ1v) is 6.50. The number of amides is 1. The number of anilines is 1. The van der Waals surface area contributed by atoms with Crippen molar-refractivity contribution in [2.75, 3.05) is 11.9 Å². The van der Waals surface area contributed by atoms with Crippen LogP contribution >= 0.6 is 0 Å². The number of phenols is 1. The van der Waals surface area contributed by atoms with E-state index in [0.717, 1.165) is 0 Å². The minimum Gasteiger partial charge on any atom is -0.506 e. The summed E-state index contributed by atoms with van der Waals surface area (Å²) >= 11 is 0. The maximum Gasteiger partial charge on any atom is 0.412 e. The molecule has 1 aromatic carbocycles. The standard InChI is InChI=1S/C15H23NO4/c1-14(2,3)20-13(19)16-12-10(15(4,5)9-17)7-6-8-11(12)18/h6-8,17-18H,9H2,1-5H3,(H,16,19). The van der Waals surface area contributed by atoms with E-state index in [1.165, 1.54) is 6.07 Å². The fourth-order valence-electron chi connectivity index (χ4n) is 1.73. The number of hydrogen-bond donors (Lipinski definition) is 3. The van der Waals surface area contributed by atoms with Gasteiger partial charge in [-0.1, -0.05) is 26.0 Å². The van der Waals surface area contributed by atoms with E-state index in [4.69, 9.17) is 4.74 Å². The second-order valence-corrected chi connectivity index (χ2v) is 6.37. The predicted octanol–water partition coefficient (Wildman–Crippen LogP) is 3.01. The molecule has 0 aliphatic rings. The van der Waals surface area contributed by atoms with Crippen LogP contribution in [0.25, 0.3) is 0 Å². The van der Waals surface area contributed by atoms with Gasteiger partial charge in [0.1, 0.15) is 11.4 Å². The van der Waals surface area contributed by atoms with Gasteiger partial charge in [-0.15, -0.1) is 0 Å². The van der Waals surface area contributed by atoms with E-state index in [1.54, 1.807) is 32.9 Å². The zero-order valence-electron chi connectivity index (χ0n) is 12.7. The van der Waals surface area contributed by atoms with Crippen molar-refractivity contribution >= 4 is 11.8 Å². The molecule has 0 aromatic heterocycles. The number of aliphatic hydroxyl groups is 1. The molecule has 1 rings (SSSR count). The smallest absolute Gasteiger partial charge is 0.412 e. The normalized spacial score (nSPS) is 12.1. The average Bonchev–Trinajstić information content (AvgIpc) is 2.29. The monoisotopic (exact) mass is 281 g/mol. The molecule has 0 unspecified atom stereocenters. The molecule has 20 heavy (non-hydrogen) atoms. The molecular weight excluding hydrogens is 258 g/mol. The van der Waals surface area contributed by atoms with Crippen molar-refractivity contribution in [1.29, 1.82) is 0 Å². The Morgan fingerprint density at radius 3 is 2.35 bits per heavy atom. The molecule has 0 spiro atoms. The Morgan fingerprint density at radius 1 is 1.25 bits per heavy atom. The fourth-order valence-corrected chi connectivity index (χ4v) is 1.73. The van der Waals surface area contributed by atoms with Gasteiger partial charge in [0, 0.05) is 5.41 Å². The summed E-state index contributed by atoms with van der Waals surface area (Å²) in [6, 6.07) is 4.90. The highest BCUT2D eigenvalue weighted by Crippen LogP contribution is 2.36. The summed E-state index contributed by atoms with van der Waals surface area (Å²) in [6.45, 7) is 8.81. The molecule has 3 N–H and O–H groups in total. The Hall–Kier alpha value is -1.75. The third-order valence-electron chi connectivity index (χ3n) is 2.79. The molecule has 0 fully saturated rings. The summed E-state index contributed by atoms with van der Waals surface area (Å²) in [5, 5.41) is 22.0. The largest absolute Gasteiger partial charge is 0.506 e. The van der Waals surface area contributed by atoms with Gasteiger partial charge in [-0.2, -0.15) is 0 Å². The summed E-state index contributed by atoms with van der Waals surface area (Å²) in [7, 11) is 0. The van der Waals surface area contributed by atoms with Gasteiger partial charge in [0.05, 0.1) is 12.3 Å². The van der Waals surface area contributed by atoms with Crippen LogP contribution in [-0.2, 0) is 10.2 Å². The zero-order valence-corrected chi connectivity index (χ0v) is 12.7. The lowest BCUT2D eigenvalue weighted by Gasteiger charge is -2.27. The molecule has 0 atom stereocenters. The van der Waals surface area contributed by atoms with E-state index >= 15 is 0 Å². The van der Waals surface area contributed by atoms with E-state index < -0.39 is 17.1 Å².